The average molecular weight is 402 g/mol. The molecule has 3 rings (SSSR count). The Morgan fingerprint density at radius 3 is 2.41 bits per heavy atom. The van der Waals surface area contributed by atoms with Crippen molar-refractivity contribution in [3.05, 3.63) is 24.3 Å². The quantitative estimate of drug-likeness (QED) is 0.698. The molecule has 0 aliphatic carbocycles. The van der Waals surface area contributed by atoms with E-state index < -0.39 is 0 Å². The van der Waals surface area contributed by atoms with Crippen LogP contribution in [0.4, 0.5) is 5.69 Å². The second-order valence-electron chi connectivity index (χ2n) is 7.44. The molecule has 1 aromatic carbocycles. The zero-order chi connectivity index (χ0) is 20.6. The smallest absolute Gasteiger partial charge is 0.260 e. The number of rotatable bonds is 8. The maximum absolute atomic E-state index is 12.4. The van der Waals surface area contributed by atoms with E-state index in [1.807, 2.05) is 19.1 Å². The number of hydrogen-bond acceptors (Lipinski definition) is 5. The molecule has 8 heteroatoms. The van der Waals surface area contributed by atoms with Gasteiger partial charge in [-0.25, -0.2) is 0 Å². The van der Waals surface area contributed by atoms with Gasteiger partial charge in [0, 0.05) is 51.4 Å². The maximum atomic E-state index is 12.4. The lowest BCUT2D eigenvalue weighted by molar-refractivity contribution is -0.135. The zero-order valence-electron chi connectivity index (χ0n) is 17.1. The summed E-state index contributed by atoms with van der Waals surface area (Å²) >= 11 is 0. The maximum Gasteiger partial charge on any atom is 0.260 e. The number of ether oxygens (including phenoxy) is 1. The minimum atomic E-state index is -0.0566. The van der Waals surface area contributed by atoms with Crippen molar-refractivity contribution in [3.8, 4) is 5.75 Å². The van der Waals surface area contributed by atoms with Gasteiger partial charge in [-0.2, -0.15) is 0 Å². The van der Waals surface area contributed by atoms with Crippen LogP contribution in [0, 0.1) is 0 Å². The van der Waals surface area contributed by atoms with E-state index in [4.69, 9.17) is 4.74 Å². The summed E-state index contributed by atoms with van der Waals surface area (Å²) in [6.07, 6.45) is 2.42. The van der Waals surface area contributed by atoms with Gasteiger partial charge in [0.25, 0.3) is 5.91 Å². The Bertz CT molecular complexity index is 714. The van der Waals surface area contributed by atoms with E-state index in [9.17, 15) is 14.4 Å². The summed E-state index contributed by atoms with van der Waals surface area (Å²) in [6, 6.07) is 7.29. The summed E-state index contributed by atoms with van der Waals surface area (Å²) in [5, 5.41) is 2.87. The first-order chi connectivity index (χ1) is 14.1. The fourth-order valence-corrected chi connectivity index (χ4v) is 3.56. The van der Waals surface area contributed by atoms with Crippen LogP contribution in [0.1, 0.15) is 26.2 Å². The molecule has 0 spiro atoms. The van der Waals surface area contributed by atoms with E-state index in [0.717, 1.165) is 25.1 Å². The molecule has 158 valence electrons. The molecule has 3 amide bonds. The molecule has 0 unspecified atom stereocenters. The Balaban J connectivity index is 1.39. The van der Waals surface area contributed by atoms with Gasteiger partial charge < -0.3 is 19.9 Å². The minimum absolute atomic E-state index is 0.0149. The third kappa shape index (κ3) is 5.93. The third-order valence-corrected chi connectivity index (χ3v) is 5.25. The highest BCUT2D eigenvalue weighted by Crippen LogP contribution is 2.23. The number of nitrogens with zero attached hydrogens (tertiary/aromatic N) is 3. The van der Waals surface area contributed by atoms with Gasteiger partial charge in [0.05, 0.1) is 6.54 Å². The summed E-state index contributed by atoms with van der Waals surface area (Å²) in [6.45, 7) is 6.40. The summed E-state index contributed by atoms with van der Waals surface area (Å²) in [4.78, 5) is 41.6. The number of anilines is 1. The number of carbonyl (C=O) groups is 3. The third-order valence-electron chi connectivity index (χ3n) is 5.25. The average Bonchev–Trinajstić information content (AvgIpc) is 3.17. The van der Waals surface area contributed by atoms with E-state index in [1.54, 1.807) is 21.9 Å². The molecular weight excluding hydrogens is 372 g/mol. The van der Waals surface area contributed by atoms with Gasteiger partial charge in [-0.05, 0) is 37.1 Å². The zero-order valence-corrected chi connectivity index (χ0v) is 17.1. The predicted octanol–water partition coefficient (Wildman–Crippen LogP) is 0.863. The highest BCUT2D eigenvalue weighted by molar-refractivity contribution is 5.95. The van der Waals surface area contributed by atoms with Gasteiger partial charge in [0.15, 0.2) is 6.61 Å². The van der Waals surface area contributed by atoms with Crippen molar-refractivity contribution >= 4 is 23.4 Å². The van der Waals surface area contributed by atoms with Gasteiger partial charge in [0.1, 0.15) is 5.75 Å². The minimum Gasteiger partial charge on any atom is -0.484 e. The molecule has 2 fully saturated rings. The Morgan fingerprint density at radius 2 is 1.79 bits per heavy atom. The van der Waals surface area contributed by atoms with Gasteiger partial charge in [-0.1, -0.05) is 6.92 Å². The van der Waals surface area contributed by atoms with Crippen molar-refractivity contribution in [2.24, 2.45) is 0 Å². The second-order valence-corrected chi connectivity index (χ2v) is 7.44. The number of benzene rings is 1. The van der Waals surface area contributed by atoms with E-state index >= 15 is 0 Å². The predicted molar refractivity (Wildman–Crippen MR) is 110 cm³/mol. The molecule has 0 saturated carbocycles. The van der Waals surface area contributed by atoms with E-state index in [-0.39, 0.29) is 24.3 Å². The van der Waals surface area contributed by atoms with Crippen LogP contribution in [0.25, 0.3) is 0 Å². The van der Waals surface area contributed by atoms with Crippen molar-refractivity contribution in [2.45, 2.75) is 26.2 Å². The lowest BCUT2D eigenvalue weighted by Gasteiger charge is -2.34. The summed E-state index contributed by atoms with van der Waals surface area (Å²) in [5.41, 5.74) is 0.866. The van der Waals surface area contributed by atoms with Crippen LogP contribution in [0.2, 0.25) is 0 Å². The van der Waals surface area contributed by atoms with Crippen molar-refractivity contribution in [2.75, 3.05) is 57.3 Å². The number of carbonyl (C=O) groups excluding carboxylic acids is 3. The SMILES string of the molecule is CCCNC(=O)CN1CCN(C(=O)COc2ccc(N3CCCC3=O)cc2)CC1. The number of nitrogens with one attached hydrogen (secondary N) is 1. The standard InChI is InChI=1S/C21H30N4O4/c1-2-9-22-19(26)15-23-11-13-24(14-12-23)21(28)16-29-18-7-5-17(6-8-18)25-10-3-4-20(25)27/h5-8H,2-4,9-16H2,1H3,(H,22,26). The van der Waals surface area contributed by atoms with E-state index in [0.29, 0.717) is 51.4 Å². The van der Waals surface area contributed by atoms with Crippen molar-refractivity contribution < 1.29 is 19.1 Å². The highest BCUT2D eigenvalue weighted by atomic mass is 16.5. The molecule has 2 aliphatic rings. The number of piperazine rings is 1. The molecule has 0 bridgehead atoms. The summed E-state index contributed by atoms with van der Waals surface area (Å²) in [7, 11) is 0. The van der Waals surface area contributed by atoms with Crippen LogP contribution in [0.3, 0.4) is 0 Å². The summed E-state index contributed by atoms with van der Waals surface area (Å²) < 4.78 is 5.63. The van der Waals surface area contributed by atoms with E-state index in [2.05, 4.69) is 10.2 Å². The van der Waals surface area contributed by atoms with Gasteiger partial charge in [0.2, 0.25) is 11.8 Å². The van der Waals surface area contributed by atoms with Gasteiger partial charge >= 0.3 is 0 Å². The monoisotopic (exact) mass is 402 g/mol. The van der Waals surface area contributed by atoms with Gasteiger partial charge in [-0.15, -0.1) is 0 Å². The van der Waals surface area contributed by atoms with Crippen molar-refractivity contribution in [1.82, 2.24) is 15.1 Å². The normalized spacial score (nSPS) is 17.5. The lowest BCUT2D eigenvalue weighted by Crippen LogP contribution is -2.52. The Morgan fingerprint density at radius 1 is 1.07 bits per heavy atom. The molecule has 0 radical (unpaired) electrons. The van der Waals surface area contributed by atoms with Crippen LogP contribution in [0.5, 0.6) is 5.75 Å². The Labute approximate surface area is 171 Å². The molecule has 2 heterocycles. The first kappa shape index (κ1) is 21.1. The van der Waals surface area contributed by atoms with Crippen LogP contribution in [-0.2, 0) is 14.4 Å². The molecule has 8 nitrogen and oxygen atoms in total. The molecule has 2 aliphatic heterocycles. The first-order valence-corrected chi connectivity index (χ1v) is 10.4. The van der Waals surface area contributed by atoms with Crippen LogP contribution in [-0.4, -0.2) is 79.9 Å². The molecule has 0 atom stereocenters. The Hall–Kier alpha value is -2.61. The largest absolute Gasteiger partial charge is 0.484 e. The lowest BCUT2D eigenvalue weighted by atomic mass is 10.3. The second kappa shape index (κ2) is 10.2. The highest BCUT2D eigenvalue weighted by Gasteiger charge is 2.23. The molecular formula is C21H30N4O4. The Kier molecular flexibility index (Phi) is 7.46. The molecule has 29 heavy (non-hydrogen) atoms. The van der Waals surface area contributed by atoms with Crippen LogP contribution < -0.4 is 15.0 Å². The van der Waals surface area contributed by atoms with E-state index in [1.165, 1.54) is 0 Å². The number of amides is 3. The number of hydrogen-bond donors (Lipinski definition) is 1. The van der Waals surface area contributed by atoms with Crippen molar-refractivity contribution in [3.63, 3.8) is 0 Å². The molecule has 1 aromatic rings. The molecule has 2 saturated heterocycles. The summed E-state index contributed by atoms with van der Waals surface area (Å²) in [5.74, 6) is 0.740. The van der Waals surface area contributed by atoms with Crippen LogP contribution >= 0.6 is 0 Å². The van der Waals surface area contributed by atoms with Gasteiger partial charge in [-0.3, -0.25) is 19.3 Å². The van der Waals surface area contributed by atoms with Crippen molar-refractivity contribution in [1.29, 1.82) is 0 Å². The fourth-order valence-electron chi connectivity index (χ4n) is 3.56. The fraction of sp³-hybridized carbons (Fsp3) is 0.571. The topological polar surface area (TPSA) is 82.2 Å². The molecule has 1 N–H and O–H groups in total. The first-order valence-electron chi connectivity index (χ1n) is 10.4. The van der Waals surface area contributed by atoms with Crippen LogP contribution in [0.15, 0.2) is 24.3 Å². The molecule has 0 aromatic heterocycles.